The van der Waals surface area contributed by atoms with Gasteiger partial charge in [0, 0.05) is 0 Å². The molecule has 1 atom stereocenters. The van der Waals surface area contributed by atoms with Gasteiger partial charge >= 0.3 is 0 Å². The summed E-state index contributed by atoms with van der Waals surface area (Å²) in [6.07, 6.45) is 4.00. The fourth-order valence-corrected chi connectivity index (χ4v) is 2.20. The Morgan fingerprint density at radius 1 is 1.32 bits per heavy atom. The van der Waals surface area contributed by atoms with Gasteiger partial charge < -0.3 is 14.6 Å². The van der Waals surface area contributed by atoms with Crippen LogP contribution in [0.2, 0.25) is 0 Å². The molecule has 1 N–H and O–H groups in total. The zero-order valence-electron chi connectivity index (χ0n) is 12.6. The minimum absolute atomic E-state index is 0.0478. The monoisotopic (exact) mass is 298 g/mol. The first kappa shape index (κ1) is 14.3. The van der Waals surface area contributed by atoms with Gasteiger partial charge in [-0.25, -0.2) is 4.98 Å². The zero-order chi connectivity index (χ0) is 15.4. The van der Waals surface area contributed by atoms with Crippen LogP contribution in [-0.2, 0) is 0 Å². The number of anilines is 1. The molecule has 0 bridgehead atoms. The molecule has 2 aromatic heterocycles. The highest BCUT2D eigenvalue weighted by molar-refractivity contribution is 5.84. The van der Waals surface area contributed by atoms with E-state index in [2.05, 4.69) is 40.4 Å². The Bertz CT molecular complexity index is 756. The first-order chi connectivity index (χ1) is 10.8. The van der Waals surface area contributed by atoms with Gasteiger partial charge in [0.1, 0.15) is 29.4 Å². The van der Waals surface area contributed by atoms with Crippen molar-refractivity contribution in [3.8, 4) is 5.75 Å². The van der Waals surface area contributed by atoms with E-state index in [1.54, 1.807) is 6.20 Å². The van der Waals surface area contributed by atoms with Crippen molar-refractivity contribution in [3.63, 3.8) is 0 Å². The molecular formula is C16H18N4O2. The maximum absolute atomic E-state index is 6.01. The molecule has 0 radical (unpaired) electrons. The molecule has 6 heteroatoms. The molecule has 3 aromatic rings. The number of hydrogen-bond acceptors (Lipinski definition) is 6. The molecule has 1 aromatic carbocycles. The van der Waals surface area contributed by atoms with E-state index in [0.29, 0.717) is 18.1 Å². The Labute approximate surface area is 128 Å². The fourth-order valence-electron chi connectivity index (χ4n) is 2.20. The third kappa shape index (κ3) is 3.16. The fraction of sp³-hybridized carbons (Fsp3) is 0.312. The van der Waals surface area contributed by atoms with E-state index in [4.69, 9.17) is 9.26 Å². The van der Waals surface area contributed by atoms with E-state index in [1.165, 1.54) is 11.9 Å². The molecule has 0 saturated heterocycles. The van der Waals surface area contributed by atoms with Crippen molar-refractivity contribution in [1.29, 1.82) is 0 Å². The average molecular weight is 298 g/mol. The van der Waals surface area contributed by atoms with Crippen LogP contribution in [0.5, 0.6) is 5.75 Å². The molecule has 22 heavy (non-hydrogen) atoms. The number of hydrogen-bond donors (Lipinski definition) is 1. The lowest BCUT2D eigenvalue weighted by atomic mass is 10.2. The van der Waals surface area contributed by atoms with Gasteiger partial charge in [-0.05, 0) is 31.0 Å². The third-order valence-corrected chi connectivity index (χ3v) is 3.41. The molecule has 0 unspecified atom stereocenters. The third-order valence-electron chi connectivity index (χ3n) is 3.41. The van der Waals surface area contributed by atoms with E-state index < -0.39 is 0 Å². The molecule has 2 heterocycles. The second-order valence-electron chi connectivity index (χ2n) is 5.11. The van der Waals surface area contributed by atoms with Crippen LogP contribution < -0.4 is 10.1 Å². The molecule has 114 valence electrons. The van der Waals surface area contributed by atoms with Crippen LogP contribution in [-0.4, -0.2) is 27.8 Å². The Kier molecular flexibility index (Phi) is 4.18. The largest absolute Gasteiger partial charge is 0.489 e. The summed E-state index contributed by atoms with van der Waals surface area (Å²) in [6, 6.07) is 8.05. The van der Waals surface area contributed by atoms with Crippen molar-refractivity contribution < 1.29 is 9.26 Å². The van der Waals surface area contributed by atoms with Crippen LogP contribution in [0.4, 0.5) is 5.82 Å². The predicted molar refractivity (Wildman–Crippen MR) is 84.0 cm³/mol. The number of ether oxygens (including phenoxy) is 1. The Morgan fingerprint density at radius 3 is 3.05 bits per heavy atom. The van der Waals surface area contributed by atoms with Crippen LogP contribution >= 0.6 is 0 Å². The lowest BCUT2D eigenvalue weighted by Gasteiger charge is -2.18. The standard InChI is InChI=1S/C16H18N4O2/c1-3-12(21-13-6-4-5-11(2)7-13)8-17-15-14-9-20-22-16(14)19-10-18-15/h4-7,9-10,12H,3,8H2,1-2H3,(H,17,18,19)/t12-/m0/s1. The van der Waals surface area contributed by atoms with Crippen LogP contribution in [0.15, 0.2) is 41.3 Å². The molecule has 0 spiro atoms. The summed E-state index contributed by atoms with van der Waals surface area (Å²) >= 11 is 0. The van der Waals surface area contributed by atoms with Gasteiger partial charge in [0.2, 0.25) is 0 Å². The zero-order valence-corrected chi connectivity index (χ0v) is 12.6. The molecule has 0 fully saturated rings. The average Bonchev–Trinajstić information content (AvgIpc) is 3.00. The van der Waals surface area contributed by atoms with Gasteiger partial charge in [0.05, 0.1) is 12.7 Å². The molecule has 6 nitrogen and oxygen atoms in total. The Balaban J connectivity index is 1.67. The van der Waals surface area contributed by atoms with Crippen LogP contribution in [0, 0.1) is 6.92 Å². The number of aryl methyl sites for hydroxylation is 1. The SMILES string of the molecule is CC[C@@H](CNc1ncnc2oncc12)Oc1cccc(C)c1. The van der Waals surface area contributed by atoms with Crippen LogP contribution in [0.3, 0.4) is 0 Å². The van der Waals surface area contributed by atoms with Gasteiger partial charge in [-0.15, -0.1) is 0 Å². The van der Waals surface area contributed by atoms with E-state index >= 15 is 0 Å². The van der Waals surface area contributed by atoms with Gasteiger partial charge in [-0.2, -0.15) is 4.98 Å². The normalized spacial score (nSPS) is 12.3. The summed E-state index contributed by atoms with van der Waals surface area (Å²) < 4.78 is 11.0. The highest BCUT2D eigenvalue weighted by Gasteiger charge is 2.11. The number of rotatable bonds is 6. The maximum Gasteiger partial charge on any atom is 0.262 e. The van der Waals surface area contributed by atoms with Gasteiger partial charge in [-0.1, -0.05) is 24.2 Å². The summed E-state index contributed by atoms with van der Waals surface area (Å²) in [4.78, 5) is 8.24. The minimum atomic E-state index is 0.0478. The number of aromatic nitrogens is 3. The highest BCUT2D eigenvalue weighted by Crippen LogP contribution is 2.19. The quantitative estimate of drug-likeness (QED) is 0.753. The molecule has 0 aliphatic carbocycles. The lowest BCUT2D eigenvalue weighted by molar-refractivity contribution is 0.210. The van der Waals surface area contributed by atoms with E-state index in [0.717, 1.165) is 17.6 Å². The van der Waals surface area contributed by atoms with E-state index in [-0.39, 0.29) is 6.10 Å². The van der Waals surface area contributed by atoms with E-state index in [1.807, 2.05) is 18.2 Å². The second kappa shape index (κ2) is 6.43. The smallest absolute Gasteiger partial charge is 0.262 e. The lowest BCUT2D eigenvalue weighted by Crippen LogP contribution is -2.25. The summed E-state index contributed by atoms with van der Waals surface area (Å²) in [5.74, 6) is 1.59. The summed E-state index contributed by atoms with van der Waals surface area (Å²) in [6.45, 7) is 4.79. The maximum atomic E-state index is 6.01. The van der Waals surface area contributed by atoms with Crippen molar-refractivity contribution in [3.05, 3.63) is 42.4 Å². The first-order valence-corrected chi connectivity index (χ1v) is 7.29. The van der Waals surface area contributed by atoms with E-state index in [9.17, 15) is 0 Å². The summed E-state index contributed by atoms with van der Waals surface area (Å²) in [5.41, 5.74) is 1.66. The topological polar surface area (TPSA) is 73.1 Å². The molecule has 0 aliphatic rings. The Morgan fingerprint density at radius 2 is 2.23 bits per heavy atom. The van der Waals surface area contributed by atoms with Crippen molar-refractivity contribution in [2.24, 2.45) is 0 Å². The van der Waals surface area contributed by atoms with Crippen molar-refractivity contribution in [2.75, 3.05) is 11.9 Å². The van der Waals surface area contributed by atoms with Crippen LogP contribution in [0.1, 0.15) is 18.9 Å². The molecule has 0 amide bonds. The Hall–Kier alpha value is -2.63. The minimum Gasteiger partial charge on any atom is -0.489 e. The molecule has 0 aliphatic heterocycles. The number of fused-ring (bicyclic) bond motifs is 1. The number of nitrogens with one attached hydrogen (secondary N) is 1. The molecule has 0 saturated carbocycles. The summed E-state index contributed by atoms with van der Waals surface area (Å²) in [7, 11) is 0. The number of nitrogens with zero attached hydrogens (tertiary/aromatic N) is 3. The van der Waals surface area contributed by atoms with Gasteiger partial charge in [-0.3, -0.25) is 0 Å². The highest BCUT2D eigenvalue weighted by atomic mass is 16.5. The van der Waals surface area contributed by atoms with Gasteiger partial charge in [0.15, 0.2) is 0 Å². The second-order valence-corrected chi connectivity index (χ2v) is 5.11. The molecular weight excluding hydrogens is 280 g/mol. The first-order valence-electron chi connectivity index (χ1n) is 7.29. The van der Waals surface area contributed by atoms with Crippen molar-refractivity contribution in [1.82, 2.24) is 15.1 Å². The molecule has 3 rings (SSSR count). The van der Waals surface area contributed by atoms with Crippen molar-refractivity contribution in [2.45, 2.75) is 26.4 Å². The van der Waals surface area contributed by atoms with Crippen LogP contribution in [0.25, 0.3) is 11.1 Å². The van der Waals surface area contributed by atoms with Gasteiger partial charge in [0.25, 0.3) is 5.71 Å². The number of benzene rings is 1. The summed E-state index contributed by atoms with van der Waals surface area (Å²) in [5, 5.41) is 7.79. The predicted octanol–water partition coefficient (Wildman–Crippen LogP) is 3.20. The van der Waals surface area contributed by atoms with Crippen molar-refractivity contribution >= 4 is 16.9 Å².